The summed E-state index contributed by atoms with van der Waals surface area (Å²) in [7, 11) is -2.34. The number of hydrogen-bond donors (Lipinski definition) is 1. The molecule has 6 nitrogen and oxygen atoms in total. The highest BCUT2D eigenvalue weighted by Gasteiger charge is 2.22. The Kier molecular flexibility index (Phi) is 6.24. The fraction of sp³-hybridized carbons (Fsp3) is 0.0909. The Morgan fingerprint density at radius 1 is 0.933 bits per heavy atom. The van der Waals surface area contributed by atoms with E-state index in [0.29, 0.717) is 16.9 Å². The van der Waals surface area contributed by atoms with Crippen molar-refractivity contribution in [1.82, 2.24) is 0 Å². The van der Waals surface area contributed by atoms with Gasteiger partial charge < -0.3 is 5.32 Å². The molecule has 0 aromatic heterocycles. The number of halogens is 1. The predicted molar refractivity (Wildman–Crippen MR) is 118 cm³/mol. The molecule has 0 atom stereocenters. The molecular formula is C22H19ClN2O4S. The number of nitrogens with one attached hydrogen (secondary N) is 1. The van der Waals surface area contributed by atoms with Crippen molar-refractivity contribution in [2.24, 2.45) is 0 Å². The van der Waals surface area contributed by atoms with Crippen molar-refractivity contribution in [3.63, 3.8) is 0 Å². The lowest BCUT2D eigenvalue weighted by Gasteiger charge is -2.20. The summed E-state index contributed by atoms with van der Waals surface area (Å²) >= 11 is 6.28. The van der Waals surface area contributed by atoms with Crippen LogP contribution in [0.25, 0.3) is 0 Å². The van der Waals surface area contributed by atoms with Crippen LogP contribution in [0.15, 0.2) is 77.7 Å². The summed E-state index contributed by atoms with van der Waals surface area (Å²) in [6.45, 7) is 1.44. The van der Waals surface area contributed by atoms with Crippen LogP contribution in [0.5, 0.6) is 0 Å². The van der Waals surface area contributed by atoms with Crippen LogP contribution < -0.4 is 9.62 Å². The fourth-order valence-corrected chi connectivity index (χ4v) is 4.26. The van der Waals surface area contributed by atoms with Crippen LogP contribution in [0, 0.1) is 0 Å². The number of Topliss-reactive ketones (excluding diaryl/α,β-unsaturated/α-hetero) is 1. The van der Waals surface area contributed by atoms with Crippen LogP contribution in [-0.2, 0) is 10.0 Å². The molecule has 0 fully saturated rings. The van der Waals surface area contributed by atoms with Gasteiger partial charge in [0.05, 0.1) is 21.2 Å². The summed E-state index contributed by atoms with van der Waals surface area (Å²) in [5.74, 6) is -0.586. The molecule has 0 saturated carbocycles. The molecule has 0 aliphatic heterocycles. The van der Waals surface area contributed by atoms with E-state index in [9.17, 15) is 18.0 Å². The summed E-state index contributed by atoms with van der Waals surface area (Å²) in [5, 5.41) is 2.79. The van der Waals surface area contributed by atoms with Gasteiger partial charge in [0.15, 0.2) is 5.78 Å². The molecule has 0 unspecified atom stereocenters. The highest BCUT2D eigenvalue weighted by atomic mass is 35.5. The van der Waals surface area contributed by atoms with E-state index < -0.39 is 15.9 Å². The summed E-state index contributed by atoms with van der Waals surface area (Å²) < 4.78 is 26.6. The van der Waals surface area contributed by atoms with Gasteiger partial charge in [-0.1, -0.05) is 41.9 Å². The monoisotopic (exact) mass is 442 g/mol. The maximum Gasteiger partial charge on any atom is 0.264 e. The average Bonchev–Trinajstić information content (AvgIpc) is 2.73. The standard InChI is InChI=1S/C22H19ClN2O4S/c1-15(26)16-7-6-8-17(13-16)24-22(27)20-12-11-18(14-21(20)23)25(2)30(28,29)19-9-4-3-5-10-19/h3-14H,1-2H3,(H,24,27). The quantitative estimate of drug-likeness (QED) is 0.564. The number of nitrogens with zero attached hydrogens (tertiary/aromatic N) is 1. The van der Waals surface area contributed by atoms with Gasteiger partial charge in [0.1, 0.15) is 0 Å². The van der Waals surface area contributed by atoms with Crippen molar-refractivity contribution in [1.29, 1.82) is 0 Å². The van der Waals surface area contributed by atoms with Crippen molar-refractivity contribution in [3.8, 4) is 0 Å². The first kappa shape index (κ1) is 21.5. The van der Waals surface area contributed by atoms with Crippen molar-refractivity contribution in [3.05, 3.63) is 88.9 Å². The molecule has 8 heteroatoms. The zero-order valence-corrected chi connectivity index (χ0v) is 17.9. The number of anilines is 2. The number of hydrogen-bond acceptors (Lipinski definition) is 4. The topological polar surface area (TPSA) is 83.6 Å². The van der Waals surface area contributed by atoms with Gasteiger partial charge in [-0.15, -0.1) is 0 Å². The Balaban J connectivity index is 1.84. The van der Waals surface area contributed by atoms with Crippen LogP contribution in [-0.4, -0.2) is 27.2 Å². The SMILES string of the molecule is CC(=O)c1cccc(NC(=O)c2ccc(N(C)S(=O)(=O)c3ccccc3)cc2Cl)c1. The third-order valence-corrected chi connectivity index (χ3v) is 6.60. The first-order valence-electron chi connectivity index (χ1n) is 8.96. The third-order valence-electron chi connectivity index (χ3n) is 4.49. The minimum Gasteiger partial charge on any atom is -0.322 e. The molecular weight excluding hydrogens is 424 g/mol. The fourth-order valence-electron chi connectivity index (χ4n) is 2.79. The first-order chi connectivity index (χ1) is 14.2. The Morgan fingerprint density at radius 3 is 2.27 bits per heavy atom. The molecule has 1 N–H and O–H groups in total. The van der Waals surface area contributed by atoms with Gasteiger partial charge in [-0.2, -0.15) is 0 Å². The van der Waals surface area contributed by atoms with Gasteiger partial charge in [-0.25, -0.2) is 8.42 Å². The lowest BCUT2D eigenvalue weighted by molar-refractivity contribution is 0.101. The molecule has 3 aromatic carbocycles. The highest BCUT2D eigenvalue weighted by Crippen LogP contribution is 2.27. The maximum atomic E-state index is 12.8. The second kappa shape index (κ2) is 8.69. The zero-order chi connectivity index (χ0) is 21.9. The Bertz CT molecular complexity index is 1210. The number of amides is 1. The van der Waals surface area contributed by atoms with Crippen molar-refractivity contribution in [2.75, 3.05) is 16.7 Å². The molecule has 0 radical (unpaired) electrons. The predicted octanol–water partition coefficient (Wildman–Crippen LogP) is 4.62. The second-order valence-corrected chi connectivity index (χ2v) is 8.92. The van der Waals surface area contributed by atoms with Crippen LogP contribution in [0.1, 0.15) is 27.6 Å². The van der Waals surface area contributed by atoms with E-state index >= 15 is 0 Å². The van der Waals surface area contributed by atoms with E-state index in [1.54, 1.807) is 42.5 Å². The van der Waals surface area contributed by atoms with E-state index in [1.165, 1.54) is 44.3 Å². The molecule has 154 valence electrons. The summed E-state index contributed by atoms with van der Waals surface area (Å²) in [4.78, 5) is 24.3. The lowest BCUT2D eigenvalue weighted by atomic mass is 10.1. The maximum absolute atomic E-state index is 12.8. The van der Waals surface area contributed by atoms with Gasteiger partial charge in [-0.05, 0) is 49.4 Å². The molecule has 0 aliphatic rings. The smallest absolute Gasteiger partial charge is 0.264 e. The molecule has 3 rings (SSSR count). The Hall–Kier alpha value is -3.16. The van der Waals surface area contributed by atoms with Crippen molar-refractivity contribution >= 4 is 44.7 Å². The van der Waals surface area contributed by atoms with E-state index in [2.05, 4.69) is 5.32 Å². The van der Waals surface area contributed by atoms with Gasteiger partial charge in [0, 0.05) is 18.3 Å². The van der Waals surface area contributed by atoms with E-state index in [0.717, 1.165) is 4.31 Å². The molecule has 0 bridgehead atoms. The largest absolute Gasteiger partial charge is 0.322 e. The minimum absolute atomic E-state index is 0.0998. The van der Waals surface area contributed by atoms with Gasteiger partial charge >= 0.3 is 0 Å². The van der Waals surface area contributed by atoms with Crippen molar-refractivity contribution in [2.45, 2.75) is 11.8 Å². The Labute approximate surface area is 180 Å². The third kappa shape index (κ3) is 4.53. The number of sulfonamides is 1. The number of benzene rings is 3. The summed E-state index contributed by atoms with van der Waals surface area (Å²) in [5.41, 5.74) is 1.43. The van der Waals surface area contributed by atoms with Crippen molar-refractivity contribution < 1.29 is 18.0 Å². The van der Waals surface area contributed by atoms with Gasteiger partial charge in [0.2, 0.25) is 0 Å². The van der Waals surface area contributed by atoms with Crippen LogP contribution in [0.4, 0.5) is 11.4 Å². The minimum atomic E-state index is -3.76. The average molecular weight is 443 g/mol. The normalized spacial score (nSPS) is 11.0. The molecule has 0 aliphatic carbocycles. The first-order valence-corrected chi connectivity index (χ1v) is 10.8. The number of carbonyl (C=O) groups is 2. The van der Waals surface area contributed by atoms with Crippen LogP contribution in [0.3, 0.4) is 0 Å². The second-order valence-electron chi connectivity index (χ2n) is 6.54. The van der Waals surface area contributed by atoms with Crippen LogP contribution in [0.2, 0.25) is 5.02 Å². The summed E-state index contributed by atoms with van der Waals surface area (Å²) in [6, 6.07) is 19.0. The molecule has 0 heterocycles. The molecule has 0 saturated heterocycles. The molecule has 0 spiro atoms. The van der Waals surface area contributed by atoms with E-state index in [4.69, 9.17) is 11.6 Å². The zero-order valence-electron chi connectivity index (χ0n) is 16.3. The molecule has 30 heavy (non-hydrogen) atoms. The highest BCUT2D eigenvalue weighted by molar-refractivity contribution is 7.92. The number of ketones is 1. The summed E-state index contributed by atoms with van der Waals surface area (Å²) in [6.07, 6.45) is 0. The lowest BCUT2D eigenvalue weighted by Crippen LogP contribution is -2.26. The number of rotatable bonds is 6. The van der Waals surface area contributed by atoms with Crippen LogP contribution >= 0.6 is 11.6 Å². The van der Waals surface area contributed by atoms with E-state index in [-0.39, 0.29) is 21.3 Å². The van der Waals surface area contributed by atoms with Gasteiger partial charge in [0.25, 0.3) is 15.9 Å². The molecule has 1 amide bonds. The Morgan fingerprint density at radius 2 is 1.63 bits per heavy atom. The number of carbonyl (C=O) groups excluding carboxylic acids is 2. The molecule has 3 aromatic rings. The van der Waals surface area contributed by atoms with E-state index in [1.807, 2.05) is 0 Å². The van der Waals surface area contributed by atoms with Gasteiger partial charge in [-0.3, -0.25) is 13.9 Å².